The van der Waals surface area contributed by atoms with Crippen LogP contribution in [0.1, 0.15) is 40.0 Å². The number of hydrogen-bond acceptors (Lipinski definition) is 3. The lowest BCUT2D eigenvalue weighted by Gasteiger charge is -2.33. The summed E-state index contributed by atoms with van der Waals surface area (Å²) >= 11 is 0. The van der Waals surface area contributed by atoms with Gasteiger partial charge in [-0.05, 0) is 33.1 Å². The third-order valence-corrected chi connectivity index (χ3v) is 3.57. The fraction of sp³-hybridized carbons (Fsp3) is 0.769. The molecule has 1 heterocycles. The van der Waals surface area contributed by atoms with Crippen LogP contribution in [-0.2, 0) is 9.59 Å². The largest absolute Gasteiger partial charge is 0.479 e. The zero-order valence-electron chi connectivity index (χ0n) is 12.2. The molecule has 1 fully saturated rings. The Morgan fingerprint density at radius 2 is 2.00 bits per heavy atom. The van der Waals surface area contributed by atoms with Crippen molar-refractivity contribution in [1.29, 1.82) is 0 Å². The van der Waals surface area contributed by atoms with Crippen LogP contribution in [-0.4, -0.2) is 52.6 Å². The lowest BCUT2D eigenvalue weighted by atomic mass is 9.93. The van der Waals surface area contributed by atoms with E-state index in [-0.39, 0.29) is 18.5 Å². The summed E-state index contributed by atoms with van der Waals surface area (Å²) in [6.45, 7) is 5.66. The van der Waals surface area contributed by atoms with Crippen LogP contribution in [0.25, 0.3) is 0 Å². The van der Waals surface area contributed by atoms with Crippen LogP contribution in [0.4, 0.5) is 4.79 Å². The van der Waals surface area contributed by atoms with Gasteiger partial charge in [0, 0.05) is 12.6 Å². The number of rotatable bonds is 5. The van der Waals surface area contributed by atoms with E-state index in [1.165, 1.54) is 4.90 Å². The summed E-state index contributed by atoms with van der Waals surface area (Å²) in [4.78, 5) is 36.3. The maximum absolute atomic E-state index is 12.1. The molecule has 0 aromatic heterocycles. The standard InChI is InChI=1S/C13H23N3O4/c1-4-13(11(18)19)6-5-7-16(13)12(20)14-8-10(17)15-9(2)3/h9H,4-8H2,1-3H3,(H,14,20)(H,15,17)(H,18,19). The molecule has 1 saturated heterocycles. The summed E-state index contributed by atoms with van der Waals surface area (Å²) in [5, 5.41) is 14.5. The molecule has 20 heavy (non-hydrogen) atoms. The summed E-state index contributed by atoms with van der Waals surface area (Å²) in [6.07, 6.45) is 1.46. The van der Waals surface area contributed by atoms with Gasteiger partial charge in [0.2, 0.25) is 5.91 Å². The highest BCUT2D eigenvalue weighted by Crippen LogP contribution is 2.32. The Morgan fingerprint density at radius 3 is 2.50 bits per heavy atom. The van der Waals surface area contributed by atoms with Gasteiger partial charge in [0.15, 0.2) is 0 Å². The zero-order valence-corrected chi connectivity index (χ0v) is 12.2. The Labute approximate surface area is 118 Å². The van der Waals surface area contributed by atoms with E-state index in [1.807, 2.05) is 13.8 Å². The number of carboxylic acid groups (broad SMARTS) is 1. The maximum Gasteiger partial charge on any atom is 0.329 e. The molecule has 0 radical (unpaired) electrons. The smallest absolute Gasteiger partial charge is 0.329 e. The number of likely N-dealkylation sites (tertiary alicyclic amines) is 1. The highest BCUT2D eigenvalue weighted by Gasteiger charge is 2.48. The second-order valence-corrected chi connectivity index (χ2v) is 5.33. The minimum absolute atomic E-state index is 0.0000548. The number of nitrogens with one attached hydrogen (secondary N) is 2. The van der Waals surface area contributed by atoms with Gasteiger partial charge >= 0.3 is 12.0 Å². The van der Waals surface area contributed by atoms with Crippen LogP contribution in [0.2, 0.25) is 0 Å². The Hall–Kier alpha value is -1.79. The van der Waals surface area contributed by atoms with Gasteiger partial charge in [-0.3, -0.25) is 4.79 Å². The van der Waals surface area contributed by atoms with Crippen LogP contribution in [0, 0.1) is 0 Å². The van der Waals surface area contributed by atoms with Gasteiger partial charge in [0.1, 0.15) is 5.54 Å². The monoisotopic (exact) mass is 285 g/mol. The molecule has 0 saturated carbocycles. The van der Waals surface area contributed by atoms with E-state index in [0.29, 0.717) is 25.8 Å². The number of amides is 3. The number of aliphatic carboxylic acids is 1. The molecule has 0 aromatic carbocycles. The van der Waals surface area contributed by atoms with Crippen molar-refractivity contribution in [1.82, 2.24) is 15.5 Å². The van der Waals surface area contributed by atoms with Crippen LogP contribution in [0.3, 0.4) is 0 Å². The molecule has 3 amide bonds. The molecule has 0 spiro atoms. The van der Waals surface area contributed by atoms with Gasteiger partial charge in [0.25, 0.3) is 0 Å². The average Bonchev–Trinajstić information content (AvgIpc) is 2.80. The average molecular weight is 285 g/mol. The lowest BCUT2D eigenvalue weighted by Crippen LogP contribution is -2.56. The molecule has 7 nitrogen and oxygen atoms in total. The normalized spacial score (nSPS) is 21.9. The van der Waals surface area contributed by atoms with Crippen molar-refractivity contribution in [2.45, 2.75) is 51.6 Å². The molecule has 1 rings (SSSR count). The molecule has 0 aliphatic carbocycles. The SMILES string of the molecule is CCC1(C(=O)O)CCCN1C(=O)NCC(=O)NC(C)C. The molecule has 7 heteroatoms. The Bertz CT molecular complexity index is 397. The Balaban J connectivity index is 2.63. The number of hydrogen-bond donors (Lipinski definition) is 3. The summed E-state index contributed by atoms with van der Waals surface area (Å²) in [7, 11) is 0. The molecule has 0 bridgehead atoms. The first-order valence-electron chi connectivity index (χ1n) is 6.91. The van der Waals surface area contributed by atoms with Gasteiger partial charge in [-0.15, -0.1) is 0 Å². The van der Waals surface area contributed by atoms with Crippen LogP contribution in [0.5, 0.6) is 0 Å². The Morgan fingerprint density at radius 1 is 1.35 bits per heavy atom. The minimum Gasteiger partial charge on any atom is -0.479 e. The van der Waals surface area contributed by atoms with E-state index in [2.05, 4.69) is 10.6 Å². The molecule has 1 aliphatic rings. The van der Waals surface area contributed by atoms with Crippen molar-refractivity contribution in [3.8, 4) is 0 Å². The van der Waals surface area contributed by atoms with Crippen molar-refractivity contribution in [3.05, 3.63) is 0 Å². The first-order chi connectivity index (χ1) is 9.33. The molecular weight excluding hydrogens is 262 g/mol. The lowest BCUT2D eigenvalue weighted by molar-refractivity contribution is -0.148. The van der Waals surface area contributed by atoms with Gasteiger partial charge in [0.05, 0.1) is 6.54 Å². The van der Waals surface area contributed by atoms with Gasteiger partial charge < -0.3 is 20.6 Å². The topological polar surface area (TPSA) is 98.7 Å². The number of urea groups is 1. The van der Waals surface area contributed by atoms with Crippen molar-refractivity contribution in [2.24, 2.45) is 0 Å². The van der Waals surface area contributed by atoms with Crippen LogP contribution < -0.4 is 10.6 Å². The predicted octanol–water partition coefficient (Wildman–Crippen LogP) is 0.550. The predicted molar refractivity (Wildman–Crippen MR) is 73.3 cm³/mol. The van der Waals surface area contributed by atoms with Crippen LogP contribution in [0.15, 0.2) is 0 Å². The number of nitrogens with zero attached hydrogens (tertiary/aromatic N) is 1. The highest BCUT2D eigenvalue weighted by atomic mass is 16.4. The van der Waals surface area contributed by atoms with Gasteiger partial charge in [-0.1, -0.05) is 6.92 Å². The zero-order chi connectivity index (χ0) is 15.3. The molecular formula is C13H23N3O4. The molecule has 1 atom stereocenters. The minimum atomic E-state index is -1.14. The quantitative estimate of drug-likeness (QED) is 0.687. The summed E-state index contributed by atoms with van der Waals surface area (Å²) < 4.78 is 0. The Kier molecular flexibility index (Phi) is 5.35. The first kappa shape index (κ1) is 16.3. The van der Waals surface area contributed by atoms with Gasteiger partial charge in [-0.25, -0.2) is 9.59 Å². The molecule has 114 valence electrons. The number of carbonyl (C=O) groups is 3. The van der Waals surface area contributed by atoms with Crippen molar-refractivity contribution in [3.63, 3.8) is 0 Å². The van der Waals surface area contributed by atoms with Crippen molar-refractivity contribution >= 4 is 17.9 Å². The molecule has 0 aromatic rings. The number of carbonyl (C=O) groups excluding carboxylic acids is 2. The summed E-state index contributed by atoms with van der Waals surface area (Å²) in [5.74, 6) is -1.27. The van der Waals surface area contributed by atoms with E-state index < -0.39 is 17.5 Å². The second-order valence-electron chi connectivity index (χ2n) is 5.33. The summed E-state index contributed by atoms with van der Waals surface area (Å²) in [5.41, 5.74) is -1.14. The van der Waals surface area contributed by atoms with Gasteiger partial charge in [-0.2, -0.15) is 0 Å². The third-order valence-electron chi connectivity index (χ3n) is 3.57. The van der Waals surface area contributed by atoms with E-state index in [1.54, 1.807) is 6.92 Å². The van der Waals surface area contributed by atoms with Crippen molar-refractivity contribution in [2.75, 3.05) is 13.1 Å². The van der Waals surface area contributed by atoms with E-state index in [4.69, 9.17) is 0 Å². The fourth-order valence-electron chi connectivity index (χ4n) is 2.54. The molecule has 1 aliphatic heterocycles. The van der Waals surface area contributed by atoms with E-state index >= 15 is 0 Å². The fourth-order valence-corrected chi connectivity index (χ4v) is 2.54. The maximum atomic E-state index is 12.1. The molecule has 1 unspecified atom stereocenters. The van der Waals surface area contributed by atoms with Crippen LogP contribution >= 0.6 is 0 Å². The first-order valence-corrected chi connectivity index (χ1v) is 6.91. The second kappa shape index (κ2) is 6.58. The third kappa shape index (κ3) is 3.40. The number of carboxylic acids is 1. The van der Waals surface area contributed by atoms with E-state index in [9.17, 15) is 19.5 Å². The summed E-state index contributed by atoms with van der Waals surface area (Å²) in [6, 6.07) is -0.495. The van der Waals surface area contributed by atoms with E-state index in [0.717, 1.165) is 0 Å². The van der Waals surface area contributed by atoms with Crippen molar-refractivity contribution < 1.29 is 19.5 Å². The molecule has 3 N–H and O–H groups in total. The highest BCUT2D eigenvalue weighted by molar-refractivity contribution is 5.89.